The molecule has 0 saturated carbocycles. The van der Waals surface area contributed by atoms with E-state index < -0.39 is 4.92 Å². The van der Waals surface area contributed by atoms with Crippen molar-refractivity contribution >= 4 is 22.4 Å². The van der Waals surface area contributed by atoms with Gasteiger partial charge in [0.1, 0.15) is 5.75 Å². The van der Waals surface area contributed by atoms with Gasteiger partial charge in [0.05, 0.1) is 23.3 Å². The fourth-order valence-electron chi connectivity index (χ4n) is 3.64. The monoisotopic (exact) mass is 400 g/mol. The number of aromatic nitrogens is 1. The van der Waals surface area contributed by atoms with Crippen LogP contribution < -0.4 is 4.74 Å². The molecule has 1 aromatic heterocycles. The SMILES string of the molecule is COc1ccc(-c2[nH]c3ccccc3c2C(=O)Cc2ccc(C)c([N+](=O)[O-])c2)cc1. The summed E-state index contributed by atoms with van der Waals surface area (Å²) in [7, 11) is 1.60. The third kappa shape index (κ3) is 3.55. The number of nitro groups is 1. The summed E-state index contributed by atoms with van der Waals surface area (Å²) in [4.78, 5) is 27.6. The van der Waals surface area contributed by atoms with Crippen LogP contribution >= 0.6 is 0 Å². The van der Waals surface area contributed by atoms with E-state index in [9.17, 15) is 14.9 Å². The van der Waals surface area contributed by atoms with Crippen LogP contribution in [0.15, 0.2) is 66.7 Å². The number of carbonyl (C=O) groups excluding carboxylic acids is 1. The summed E-state index contributed by atoms with van der Waals surface area (Å²) >= 11 is 0. The predicted octanol–water partition coefficient (Wildman–Crippen LogP) is 5.49. The number of methoxy groups -OCH3 is 1. The number of fused-ring (bicyclic) bond motifs is 1. The highest BCUT2D eigenvalue weighted by Gasteiger charge is 2.21. The van der Waals surface area contributed by atoms with Crippen molar-refractivity contribution in [2.75, 3.05) is 7.11 Å². The summed E-state index contributed by atoms with van der Waals surface area (Å²) in [5.74, 6) is 0.631. The van der Waals surface area contributed by atoms with Crippen LogP contribution in [0.25, 0.3) is 22.2 Å². The van der Waals surface area contributed by atoms with E-state index >= 15 is 0 Å². The van der Waals surface area contributed by atoms with Gasteiger partial charge in [-0.05, 0) is 48.4 Å². The quantitative estimate of drug-likeness (QED) is 0.264. The second-order valence-electron chi connectivity index (χ2n) is 7.13. The van der Waals surface area contributed by atoms with Gasteiger partial charge in [-0.15, -0.1) is 0 Å². The number of rotatable bonds is 6. The zero-order valence-electron chi connectivity index (χ0n) is 16.6. The largest absolute Gasteiger partial charge is 0.497 e. The molecule has 0 bridgehead atoms. The van der Waals surface area contributed by atoms with Crippen LogP contribution in [0.2, 0.25) is 0 Å². The van der Waals surface area contributed by atoms with E-state index in [1.165, 1.54) is 6.07 Å². The van der Waals surface area contributed by atoms with E-state index in [4.69, 9.17) is 4.74 Å². The second-order valence-corrected chi connectivity index (χ2v) is 7.13. The van der Waals surface area contributed by atoms with Gasteiger partial charge in [-0.2, -0.15) is 0 Å². The lowest BCUT2D eigenvalue weighted by atomic mass is 9.96. The van der Waals surface area contributed by atoms with E-state index in [0.29, 0.717) is 16.7 Å². The Kier molecular flexibility index (Phi) is 5.06. The molecule has 0 spiro atoms. The Morgan fingerprint density at radius 1 is 1.07 bits per heavy atom. The Morgan fingerprint density at radius 2 is 1.80 bits per heavy atom. The van der Waals surface area contributed by atoms with Gasteiger partial charge >= 0.3 is 0 Å². The minimum atomic E-state index is -0.419. The number of H-pyrrole nitrogens is 1. The number of nitrogens with one attached hydrogen (secondary N) is 1. The topological polar surface area (TPSA) is 85.2 Å². The molecule has 0 fully saturated rings. The Labute approximate surface area is 173 Å². The van der Waals surface area contributed by atoms with Gasteiger partial charge in [0.25, 0.3) is 5.69 Å². The number of carbonyl (C=O) groups is 1. The van der Waals surface area contributed by atoms with E-state index in [-0.39, 0.29) is 17.9 Å². The normalized spacial score (nSPS) is 10.9. The fourth-order valence-corrected chi connectivity index (χ4v) is 3.64. The van der Waals surface area contributed by atoms with Crippen molar-refractivity contribution in [3.05, 3.63) is 93.5 Å². The molecule has 30 heavy (non-hydrogen) atoms. The minimum absolute atomic E-state index is 0.0228. The van der Waals surface area contributed by atoms with Crippen molar-refractivity contribution in [3.63, 3.8) is 0 Å². The molecule has 0 aliphatic carbocycles. The molecule has 0 saturated heterocycles. The third-order valence-corrected chi connectivity index (χ3v) is 5.20. The molecule has 0 radical (unpaired) electrons. The summed E-state index contributed by atoms with van der Waals surface area (Å²) in [5, 5.41) is 12.1. The molecular formula is C24H20N2O4. The molecule has 0 amide bonds. The second kappa shape index (κ2) is 7.83. The molecule has 6 nitrogen and oxygen atoms in total. The first-order valence-corrected chi connectivity index (χ1v) is 9.50. The number of ether oxygens (including phenoxy) is 1. The molecule has 1 heterocycles. The zero-order valence-corrected chi connectivity index (χ0v) is 16.6. The molecule has 3 aromatic carbocycles. The molecular weight excluding hydrogens is 380 g/mol. The first-order valence-electron chi connectivity index (χ1n) is 9.50. The van der Waals surface area contributed by atoms with Gasteiger partial charge in [-0.25, -0.2) is 0 Å². The van der Waals surface area contributed by atoms with Crippen LogP contribution in [0.1, 0.15) is 21.5 Å². The van der Waals surface area contributed by atoms with E-state index in [0.717, 1.165) is 27.9 Å². The number of Topliss-reactive ketones (excluding diaryl/α,β-unsaturated/α-hetero) is 1. The van der Waals surface area contributed by atoms with Crippen LogP contribution in [0, 0.1) is 17.0 Å². The highest BCUT2D eigenvalue weighted by atomic mass is 16.6. The number of aromatic amines is 1. The van der Waals surface area contributed by atoms with Gasteiger partial charge in [0.15, 0.2) is 5.78 Å². The summed E-state index contributed by atoms with van der Waals surface area (Å²) in [6.07, 6.45) is 0.0755. The van der Waals surface area contributed by atoms with E-state index in [1.807, 2.05) is 48.5 Å². The Hall–Kier alpha value is -3.93. The molecule has 0 aliphatic heterocycles. The number of nitrogens with zero attached hydrogens (tertiary/aromatic N) is 1. The average Bonchev–Trinajstić information content (AvgIpc) is 3.14. The Morgan fingerprint density at radius 3 is 2.50 bits per heavy atom. The predicted molar refractivity (Wildman–Crippen MR) is 116 cm³/mol. The van der Waals surface area contributed by atoms with Crippen molar-refractivity contribution in [1.29, 1.82) is 0 Å². The molecule has 6 heteroatoms. The first kappa shape index (κ1) is 19.4. The van der Waals surface area contributed by atoms with Crippen molar-refractivity contribution in [3.8, 4) is 17.0 Å². The summed E-state index contributed by atoms with van der Waals surface area (Å²) < 4.78 is 5.23. The fraction of sp³-hybridized carbons (Fsp3) is 0.125. The number of aryl methyl sites for hydroxylation is 1. The number of hydrogen-bond acceptors (Lipinski definition) is 4. The number of para-hydroxylation sites is 1. The molecule has 0 atom stereocenters. The maximum Gasteiger partial charge on any atom is 0.272 e. The van der Waals surface area contributed by atoms with Gasteiger partial charge in [-0.3, -0.25) is 14.9 Å². The molecule has 4 rings (SSSR count). The lowest BCUT2D eigenvalue weighted by molar-refractivity contribution is -0.385. The van der Waals surface area contributed by atoms with E-state index in [2.05, 4.69) is 4.98 Å². The first-order chi connectivity index (χ1) is 14.5. The van der Waals surface area contributed by atoms with Crippen molar-refractivity contribution < 1.29 is 14.5 Å². The lowest BCUT2D eigenvalue weighted by Crippen LogP contribution is -2.05. The third-order valence-electron chi connectivity index (χ3n) is 5.20. The van der Waals surface area contributed by atoms with Crippen molar-refractivity contribution in [2.24, 2.45) is 0 Å². The van der Waals surface area contributed by atoms with Crippen LogP contribution in [0.4, 0.5) is 5.69 Å². The van der Waals surface area contributed by atoms with Gasteiger partial charge in [0.2, 0.25) is 0 Å². The molecule has 0 unspecified atom stereocenters. The minimum Gasteiger partial charge on any atom is -0.497 e. The smallest absolute Gasteiger partial charge is 0.272 e. The highest BCUT2D eigenvalue weighted by molar-refractivity contribution is 6.14. The summed E-state index contributed by atoms with van der Waals surface area (Å²) in [5.41, 5.74) is 4.25. The maximum atomic E-state index is 13.4. The maximum absolute atomic E-state index is 13.4. The van der Waals surface area contributed by atoms with Crippen LogP contribution in [0.5, 0.6) is 5.75 Å². The van der Waals surface area contributed by atoms with Crippen molar-refractivity contribution in [2.45, 2.75) is 13.3 Å². The van der Waals surface area contributed by atoms with Gasteiger partial charge in [0, 0.05) is 29.0 Å². The van der Waals surface area contributed by atoms with Crippen LogP contribution in [0.3, 0.4) is 0 Å². The van der Waals surface area contributed by atoms with Crippen LogP contribution in [-0.4, -0.2) is 22.8 Å². The number of ketones is 1. The van der Waals surface area contributed by atoms with E-state index in [1.54, 1.807) is 26.2 Å². The number of nitro benzene ring substituents is 1. The molecule has 0 aliphatic rings. The highest BCUT2D eigenvalue weighted by Crippen LogP contribution is 2.32. The number of hydrogen-bond donors (Lipinski definition) is 1. The average molecular weight is 400 g/mol. The van der Waals surface area contributed by atoms with Crippen LogP contribution in [-0.2, 0) is 6.42 Å². The Bertz CT molecular complexity index is 1260. The molecule has 4 aromatic rings. The molecule has 150 valence electrons. The summed E-state index contributed by atoms with van der Waals surface area (Å²) in [6.45, 7) is 1.69. The van der Waals surface area contributed by atoms with Gasteiger partial charge in [-0.1, -0.05) is 30.3 Å². The van der Waals surface area contributed by atoms with Gasteiger partial charge < -0.3 is 9.72 Å². The standard InChI is InChI=1S/C24H20N2O4/c1-15-7-8-16(13-21(15)26(28)29)14-22(27)23-19-5-3-4-6-20(19)25-24(23)17-9-11-18(30-2)12-10-17/h3-13,25H,14H2,1-2H3. The zero-order chi connectivity index (χ0) is 21.3. The number of benzene rings is 3. The Balaban J connectivity index is 1.78. The molecule has 1 N–H and O–H groups in total. The summed E-state index contributed by atoms with van der Waals surface area (Å²) in [6, 6.07) is 20.1. The lowest BCUT2D eigenvalue weighted by Gasteiger charge is -2.07. The van der Waals surface area contributed by atoms with Crippen molar-refractivity contribution in [1.82, 2.24) is 4.98 Å².